The van der Waals surface area contributed by atoms with E-state index in [1.165, 1.54) is 11.4 Å². The summed E-state index contributed by atoms with van der Waals surface area (Å²) in [6.45, 7) is 4.76. The van der Waals surface area contributed by atoms with E-state index in [4.69, 9.17) is 9.88 Å². The molecule has 0 aromatic carbocycles. The molecular formula is C10H21N3O4S. The summed E-state index contributed by atoms with van der Waals surface area (Å²) >= 11 is 0. The van der Waals surface area contributed by atoms with Gasteiger partial charge in [0.25, 0.3) is 16.1 Å². The zero-order valence-corrected chi connectivity index (χ0v) is 11.9. The molecule has 1 unspecified atom stereocenters. The number of nitrogens with two attached hydrogens (primary N) is 1. The minimum atomic E-state index is -3.66. The minimum absolute atomic E-state index is 0.110. The number of amides is 1. The highest BCUT2D eigenvalue weighted by Gasteiger charge is 2.37. The highest BCUT2D eigenvalue weighted by molar-refractivity contribution is 7.86. The summed E-state index contributed by atoms with van der Waals surface area (Å²) in [7, 11) is -2.16. The van der Waals surface area contributed by atoms with Crippen molar-refractivity contribution < 1.29 is 17.9 Å². The number of carbonyl (C=O) groups is 1. The molecule has 2 N–H and O–H groups in total. The Hall–Kier alpha value is -0.700. The van der Waals surface area contributed by atoms with E-state index in [0.717, 1.165) is 0 Å². The Morgan fingerprint density at radius 1 is 1.33 bits per heavy atom. The summed E-state index contributed by atoms with van der Waals surface area (Å²) in [5, 5.41) is 5.04. The Morgan fingerprint density at radius 3 is 2.17 bits per heavy atom. The van der Waals surface area contributed by atoms with E-state index >= 15 is 0 Å². The molecule has 1 fully saturated rings. The van der Waals surface area contributed by atoms with Crippen molar-refractivity contribution in [1.82, 2.24) is 9.21 Å². The highest BCUT2D eigenvalue weighted by Crippen LogP contribution is 2.19. The summed E-state index contributed by atoms with van der Waals surface area (Å²) < 4.78 is 28.7. The van der Waals surface area contributed by atoms with Crippen molar-refractivity contribution >= 4 is 16.1 Å². The fraction of sp³-hybridized carbons (Fsp3) is 0.900. The first-order chi connectivity index (χ1) is 8.24. The first kappa shape index (κ1) is 15.4. The lowest BCUT2D eigenvalue weighted by atomic mass is 10.0. The van der Waals surface area contributed by atoms with Crippen molar-refractivity contribution in [3.8, 4) is 0 Å². The van der Waals surface area contributed by atoms with Gasteiger partial charge in [0.15, 0.2) is 0 Å². The maximum absolute atomic E-state index is 12.2. The van der Waals surface area contributed by atoms with E-state index in [-0.39, 0.29) is 19.0 Å². The summed E-state index contributed by atoms with van der Waals surface area (Å²) in [6, 6.07) is 0. The van der Waals surface area contributed by atoms with Crippen LogP contribution in [0.3, 0.4) is 0 Å². The predicted molar refractivity (Wildman–Crippen MR) is 67.0 cm³/mol. The van der Waals surface area contributed by atoms with Crippen LogP contribution in [0, 0.1) is 0 Å². The van der Waals surface area contributed by atoms with Crippen LogP contribution in [0.15, 0.2) is 0 Å². The lowest BCUT2D eigenvalue weighted by Gasteiger charge is -2.37. The number of piperazine rings is 1. The molecule has 7 nitrogen and oxygen atoms in total. The van der Waals surface area contributed by atoms with Crippen molar-refractivity contribution in [3.05, 3.63) is 0 Å². The summed E-state index contributed by atoms with van der Waals surface area (Å²) in [6.07, 6.45) is 0.567. The molecule has 1 aliphatic rings. The third-order valence-electron chi connectivity index (χ3n) is 3.46. The average molecular weight is 279 g/mol. The molecule has 8 heteroatoms. The van der Waals surface area contributed by atoms with Gasteiger partial charge in [0, 0.05) is 33.3 Å². The minimum Gasteiger partial charge on any atom is -0.369 e. The highest BCUT2D eigenvalue weighted by atomic mass is 32.2. The van der Waals surface area contributed by atoms with Crippen LogP contribution in [0.4, 0.5) is 0 Å². The van der Waals surface area contributed by atoms with Gasteiger partial charge < -0.3 is 9.64 Å². The van der Waals surface area contributed by atoms with Crippen LogP contribution in [0.5, 0.6) is 0 Å². The van der Waals surface area contributed by atoms with Crippen molar-refractivity contribution in [1.29, 1.82) is 0 Å². The van der Waals surface area contributed by atoms with Crippen LogP contribution < -0.4 is 5.14 Å². The van der Waals surface area contributed by atoms with Crippen LogP contribution >= 0.6 is 0 Å². The van der Waals surface area contributed by atoms with Gasteiger partial charge in [-0.15, -0.1) is 0 Å². The molecule has 1 heterocycles. The van der Waals surface area contributed by atoms with Crippen LogP contribution in [0.1, 0.15) is 20.3 Å². The Bertz CT molecular complexity index is 397. The largest absolute Gasteiger partial charge is 0.369 e. The Balaban J connectivity index is 2.66. The van der Waals surface area contributed by atoms with Gasteiger partial charge in [0.1, 0.15) is 5.60 Å². The monoisotopic (exact) mass is 279 g/mol. The van der Waals surface area contributed by atoms with Gasteiger partial charge in [-0.05, 0) is 13.3 Å². The van der Waals surface area contributed by atoms with E-state index in [2.05, 4.69) is 0 Å². The molecule has 0 aromatic rings. The fourth-order valence-electron chi connectivity index (χ4n) is 1.86. The van der Waals surface area contributed by atoms with E-state index in [1.807, 2.05) is 6.92 Å². The lowest BCUT2D eigenvalue weighted by molar-refractivity contribution is -0.154. The standard InChI is InChI=1S/C10H21N3O4S/c1-4-10(2,17-3)9(14)12-5-7-13(8-6-12)18(11,15)16/h4-8H2,1-3H3,(H2,11,15,16). The Morgan fingerprint density at radius 2 is 1.83 bits per heavy atom. The Labute approximate surface area is 108 Å². The number of methoxy groups -OCH3 is 1. The maximum atomic E-state index is 12.2. The number of ether oxygens (including phenoxy) is 1. The zero-order valence-electron chi connectivity index (χ0n) is 11.0. The molecule has 0 radical (unpaired) electrons. The number of hydrogen-bond acceptors (Lipinski definition) is 4. The van der Waals surface area contributed by atoms with Gasteiger partial charge in [0.05, 0.1) is 0 Å². The average Bonchev–Trinajstić information content (AvgIpc) is 2.36. The van der Waals surface area contributed by atoms with Crippen LogP contribution in [0.25, 0.3) is 0 Å². The van der Waals surface area contributed by atoms with E-state index in [9.17, 15) is 13.2 Å². The first-order valence-electron chi connectivity index (χ1n) is 5.87. The molecule has 0 aliphatic carbocycles. The molecule has 0 bridgehead atoms. The second-order valence-electron chi connectivity index (χ2n) is 4.52. The molecule has 0 spiro atoms. The van der Waals surface area contributed by atoms with E-state index in [1.54, 1.807) is 11.8 Å². The van der Waals surface area contributed by atoms with Crippen molar-refractivity contribution in [2.45, 2.75) is 25.9 Å². The molecule has 1 atom stereocenters. The van der Waals surface area contributed by atoms with Crippen LogP contribution in [-0.2, 0) is 19.7 Å². The first-order valence-corrected chi connectivity index (χ1v) is 7.37. The summed E-state index contributed by atoms with van der Waals surface area (Å²) in [5.41, 5.74) is -0.843. The fourth-order valence-corrected chi connectivity index (χ4v) is 2.54. The normalized spacial score (nSPS) is 21.7. The molecule has 0 aromatic heterocycles. The molecular weight excluding hydrogens is 258 g/mol. The Kier molecular flexibility index (Phi) is 4.71. The van der Waals surface area contributed by atoms with Crippen molar-refractivity contribution in [3.63, 3.8) is 0 Å². The molecule has 1 amide bonds. The smallest absolute Gasteiger partial charge is 0.277 e. The predicted octanol–water partition coefficient (Wildman–Crippen LogP) is -0.851. The van der Waals surface area contributed by atoms with Gasteiger partial charge in [-0.3, -0.25) is 4.79 Å². The number of nitrogens with zero attached hydrogens (tertiary/aromatic N) is 2. The SMILES string of the molecule is CCC(C)(OC)C(=O)N1CCN(S(N)(=O)=O)CC1. The summed E-state index contributed by atoms with van der Waals surface area (Å²) in [5.74, 6) is -0.110. The van der Waals surface area contributed by atoms with Crippen LogP contribution in [-0.4, -0.2) is 62.4 Å². The van der Waals surface area contributed by atoms with Crippen molar-refractivity contribution in [2.75, 3.05) is 33.3 Å². The molecule has 0 saturated carbocycles. The van der Waals surface area contributed by atoms with E-state index < -0.39 is 15.8 Å². The van der Waals surface area contributed by atoms with E-state index in [0.29, 0.717) is 19.5 Å². The van der Waals surface area contributed by atoms with Crippen LogP contribution in [0.2, 0.25) is 0 Å². The van der Waals surface area contributed by atoms with Gasteiger partial charge in [-0.2, -0.15) is 12.7 Å². The van der Waals surface area contributed by atoms with Gasteiger partial charge in [-0.25, -0.2) is 5.14 Å². The zero-order chi connectivity index (χ0) is 14.0. The number of hydrogen-bond donors (Lipinski definition) is 1. The molecule has 18 heavy (non-hydrogen) atoms. The lowest BCUT2D eigenvalue weighted by Crippen LogP contribution is -2.57. The quantitative estimate of drug-likeness (QED) is 0.725. The number of carbonyl (C=O) groups excluding carboxylic acids is 1. The second kappa shape index (κ2) is 5.52. The molecule has 1 rings (SSSR count). The second-order valence-corrected chi connectivity index (χ2v) is 6.07. The molecule has 106 valence electrons. The summed E-state index contributed by atoms with van der Waals surface area (Å²) in [4.78, 5) is 13.9. The third kappa shape index (κ3) is 3.19. The maximum Gasteiger partial charge on any atom is 0.277 e. The third-order valence-corrected chi connectivity index (χ3v) is 4.55. The van der Waals surface area contributed by atoms with Gasteiger partial charge in [0.2, 0.25) is 0 Å². The van der Waals surface area contributed by atoms with Crippen molar-refractivity contribution in [2.24, 2.45) is 5.14 Å². The van der Waals surface area contributed by atoms with Gasteiger partial charge in [-0.1, -0.05) is 6.92 Å². The van der Waals surface area contributed by atoms with Gasteiger partial charge >= 0.3 is 0 Å². The topological polar surface area (TPSA) is 92.9 Å². The molecule has 1 aliphatic heterocycles. The molecule has 1 saturated heterocycles. The number of rotatable bonds is 4.